The molecular weight excluding hydrogens is 252 g/mol. The van der Waals surface area contributed by atoms with Crippen molar-refractivity contribution in [2.75, 3.05) is 18.9 Å². The van der Waals surface area contributed by atoms with Crippen molar-refractivity contribution in [3.8, 4) is 5.75 Å². The minimum atomic E-state index is 0.204. The van der Waals surface area contributed by atoms with E-state index in [1.165, 1.54) is 12.8 Å². The van der Waals surface area contributed by atoms with Crippen LogP contribution in [0.2, 0.25) is 0 Å². The average molecular weight is 276 g/mol. The van der Waals surface area contributed by atoms with E-state index in [-0.39, 0.29) is 5.91 Å². The molecule has 110 valence electrons. The topological polar surface area (TPSA) is 55.6 Å². The van der Waals surface area contributed by atoms with Crippen LogP contribution in [0.25, 0.3) is 0 Å². The number of carbonyl (C=O) groups is 1. The van der Waals surface area contributed by atoms with Crippen molar-refractivity contribution in [3.63, 3.8) is 0 Å². The molecule has 2 rings (SSSR count). The third kappa shape index (κ3) is 3.89. The molecule has 1 saturated carbocycles. The fraction of sp³-hybridized carbons (Fsp3) is 0.562. The number of ether oxygens (including phenoxy) is 1. The highest BCUT2D eigenvalue weighted by molar-refractivity contribution is 5.76. The Hall–Kier alpha value is -1.71. The molecule has 1 amide bonds. The van der Waals surface area contributed by atoms with Gasteiger partial charge < -0.3 is 15.4 Å². The monoisotopic (exact) mass is 276 g/mol. The molecule has 0 bridgehead atoms. The second-order valence-electron chi connectivity index (χ2n) is 5.29. The number of carbonyl (C=O) groups excluding carboxylic acids is 1. The van der Waals surface area contributed by atoms with Crippen LogP contribution in [0.4, 0.5) is 5.69 Å². The van der Waals surface area contributed by atoms with Crippen molar-refractivity contribution in [1.29, 1.82) is 0 Å². The zero-order chi connectivity index (χ0) is 14.4. The van der Waals surface area contributed by atoms with Gasteiger partial charge in [-0.05, 0) is 44.0 Å². The Balaban J connectivity index is 1.77. The smallest absolute Gasteiger partial charge is 0.226 e. The first-order chi connectivity index (χ1) is 9.70. The minimum absolute atomic E-state index is 0.204. The summed E-state index contributed by atoms with van der Waals surface area (Å²) in [4.78, 5) is 14.2. The van der Waals surface area contributed by atoms with E-state index in [2.05, 4.69) is 6.92 Å². The summed E-state index contributed by atoms with van der Waals surface area (Å²) < 4.78 is 5.59. The molecule has 20 heavy (non-hydrogen) atoms. The number of nitrogens with zero attached hydrogens (tertiary/aromatic N) is 1. The number of nitrogen functional groups attached to an aromatic ring is 1. The Morgan fingerprint density at radius 1 is 1.30 bits per heavy atom. The minimum Gasteiger partial charge on any atom is -0.493 e. The standard InChI is InChI=1S/C16H24N2O2/c1-2-18(14-5-3-4-6-14)16(19)11-12-20-15-9-7-13(17)8-10-15/h7-10,14H,2-6,11-12,17H2,1H3. The lowest BCUT2D eigenvalue weighted by molar-refractivity contribution is -0.133. The molecule has 0 saturated heterocycles. The molecule has 0 spiro atoms. The van der Waals surface area contributed by atoms with Gasteiger partial charge in [-0.15, -0.1) is 0 Å². The lowest BCUT2D eigenvalue weighted by Gasteiger charge is -2.27. The third-order valence-electron chi connectivity index (χ3n) is 3.89. The van der Waals surface area contributed by atoms with Crippen LogP contribution in [0.15, 0.2) is 24.3 Å². The van der Waals surface area contributed by atoms with Crippen LogP contribution >= 0.6 is 0 Å². The van der Waals surface area contributed by atoms with E-state index in [1.807, 2.05) is 17.0 Å². The van der Waals surface area contributed by atoms with Crippen molar-refractivity contribution < 1.29 is 9.53 Å². The molecule has 0 atom stereocenters. The van der Waals surface area contributed by atoms with Crippen LogP contribution in [-0.2, 0) is 4.79 Å². The summed E-state index contributed by atoms with van der Waals surface area (Å²) in [5.41, 5.74) is 6.33. The lowest BCUT2D eigenvalue weighted by Crippen LogP contribution is -2.39. The molecule has 1 aromatic carbocycles. The summed E-state index contributed by atoms with van der Waals surface area (Å²) >= 11 is 0. The molecule has 1 fully saturated rings. The average Bonchev–Trinajstić information content (AvgIpc) is 2.96. The summed E-state index contributed by atoms with van der Waals surface area (Å²) in [6.45, 7) is 3.27. The first kappa shape index (κ1) is 14.7. The molecule has 4 heteroatoms. The van der Waals surface area contributed by atoms with Gasteiger partial charge in [0.2, 0.25) is 5.91 Å². The fourth-order valence-electron chi connectivity index (χ4n) is 2.82. The van der Waals surface area contributed by atoms with Gasteiger partial charge in [0, 0.05) is 18.3 Å². The van der Waals surface area contributed by atoms with Crippen molar-refractivity contribution in [2.24, 2.45) is 0 Å². The first-order valence-corrected chi connectivity index (χ1v) is 7.48. The molecular formula is C16H24N2O2. The Kier molecular flexibility index (Phi) is 5.27. The maximum Gasteiger partial charge on any atom is 0.226 e. The van der Waals surface area contributed by atoms with E-state index in [4.69, 9.17) is 10.5 Å². The molecule has 1 aliphatic rings. The van der Waals surface area contributed by atoms with Crippen molar-refractivity contribution >= 4 is 11.6 Å². The van der Waals surface area contributed by atoms with E-state index < -0.39 is 0 Å². The fourth-order valence-corrected chi connectivity index (χ4v) is 2.82. The molecule has 4 nitrogen and oxygen atoms in total. The predicted octanol–water partition coefficient (Wildman–Crippen LogP) is 2.83. The molecule has 1 aromatic rings. The Morgan fingerprint density at radius 3 is 2.55 bits per heavy atom. The number of nitrogens with two attached hydrogens (primary N) is 1. The van der Waals surface area contributed by atoms with Gasteiger partial charge in [0.25, 0.3) is 0 Å². The van der Waals surface area contributed by atoms with E-state index in [0.29, 0.717) is 24.8 Å². The number of hydrogen-bond acceptors (Lipinski definition) is 3. The van der Waals surface area contributed by atoms with Gasteiger partial charge in [0.15, 0.2) is 0 Å². The van der Waals surface area contributed by atoms with Crippen molar-refractivity contribution in [3.05, 3.63) is 24.3 Å². The van der Waals surface area contributed by atoms with Gasteiger partial charge in [0.1, 0.15) is 5.75 Å². The van der Waals surface area contributed by atoms with Crippen LogP contribution in [0, 0.1) is 0 Å². The van der Waals surface area contributed by atoms with Crippen LogP contribution in [0.1, 0.15) is 39.0 Å². The summed E-state index contributed by atoms with van der Waals surface area (Å²) in [5, 5.41) is 0. The maximum absolute atomic E-state index is 12.2. The number of benzene rings is 1. The first-order valence-electron chi connectivity index (χ1n) is 7.48. The quantitative estimate of drug-likeness (QED) is 0.813. The van der Waals surface area contributed by atoms with E-state index >= 15 is 0 Å². The highest BCUT2D eigenvalue weighted by Crippen LogP contribution is 2.23. The second kappa shape index (κ2) is 7.17. The number of amides is 1. The van der Waals surface area contributed by atoms with E-state index in [9.17, 15) is 4.79 Å². The van der Waals surface area contributed by atoms with Crippen LogP contribution in [0.5, 0.6) is 5.75 Å². The van der Waals surface area contributed by atoms with E-state index in [1.54, 1.807) is 12.1 Å². The van der Waals surface area contributed by atoms with Gasteiger partial charge in [-0.25, -0.2) is 0 Å². The number of hydrogen-bond donors (Lipinski definition) is 1. The SMILES string of the molecule is CCN(C(=O)CCOc1ccc(N)cc1)C1CCCC1. The summed E-state index contributed by atoms with van der Waals surface area (Å²) in [6, 6.07) is 7.70. The van der Waals surface area contributed by atoms with Crippen LogP contribution < -0.4 is 10.5 Å². The summed E-state index contributed by atoms with van der Waals surface area (Å²) in [5.74, 6) is 0.964. The normalized spacial score (nSPS) is 15.2. The highest BCUT2D eigenvalue weighted by atomic mass is 16.5. The zero-order valence-electron chi connectivity index (χ0n) is 12.2. The molecule has 0 unspecified atom stereocenters. The Bertz CT molecular complexity index is 425. The van der Waals surface area contributed by atoms with Crippen LogP contribution in [0.3, 0.4) is 0 Å². The zero-order valence-corrected chi connectivity index (χ0v) is 12.2. The van der Waals surface area contributed by atoms with E-state index in [0.717, 1.165) is 25.1 Å². The maximum atomic E-state index is 12.2. The summed E-state index contributed by atoms with van der Waals surface area (Å²) in [7, 11) is 0. The molecule has 0 heterocycles. The van der Waals surface area contributed by atoms with Gasteiger partial charge in [-0.1, -0.05) is 12.8 Å². The van der Waals surface area contributed by atoms with Gasteiger partial charge in [0.05, 0.1) is 13.0 Å². The highest BCUT2D eigenvalue weighted by Gasteiger charge is 2.24. The lowest BCUT2D eigenvalue weighted by atomic mass is 10.2. The number of rotatable bonds is 6. The predicted molar refractivity (Wildman–Crippen MR) is 80.6 cm³/mol. The molecule has 0 radical (unpaired) electrons. The van der Waals surface area contributed by atoms with Gasteiger partial charge >= 0.3 is 0 Å². The van der Waals surface area contributed by atoms with Crippen LogP contribution in [-0.4, -0.2) is 30.0 Å². The Labute approximate surface area is 120 Å². The van der Waals surface area contributed by atoms with Gasteiger partial charge in [-0.3, -0.25) is 4.79 Å². The van der Waals surface area contributed by atoms with Gasteiger partial charge in [-0.2, -0.15) is 0 Å². The molecule has 0 aromatic heterocycles. The van der Waals surface area contributed by atoms with Crippen molar-refractivity contribution in [2.45, 2.75) is 45.1 Å². The summed E-state index contributed by atoms with van der Waals surface area (Å²) in [6.07, 6.45) is 5.23. The Morgan fingerprint density at radius 2 is 1.95 bits per heavy atom. The molecule has 1 aliphatic carbocycles. The largest absolute Gasteiger partial charge is 0.493 e. The molecule has 0 aliphatic heterocycles. The number of anilines is 1. The molecule has 2 N–H and O–H groups in total. The second-order valence-corrected chi connectivity index (χ2v) is 5.29. The van der Waals surface area contributed by atoms with Crippen molar-refractivity contribution in [1.82, 2.24) is 4.90 Å². The third-order valence-corrected chi connectivity index (χ3v) is 3.89.